The lowest BCUT2D eigenvalue weighted by molar-refractivity contribution is -0.150. The summed E-state index contributed by atoms with van der Waals surface area (Å²) in [5.41, 5.74) is 0. The van der Waals surface area contributed by atoms with Gasteiger partial charge in [-0.1, -0.05) is 38.8 Å². The standard InChI is InChI=1S/C14H26O3/c1-3-5-6-7-8-9-10-11-12-17-13(4-2)14(15)16/h8-9,13H,3-7,10-12H2,1-2H3,(H,15,16)/b9-8-. The highest BCUT2D eigenvalue weighted by Gasteiger charge is 2.14. The quantitative estimate of drug-likeness (QED) is 0.443. The second-order valence-corrected chi connectivity index (χ2v) is 4.22. The lowest BCUT2D eigenvalue weighted by Gasteiger charge is -2.10. The van der Waals surface area contributed by atoms with Crippen molar-refractivity contribution in [1.82, 2.24) is 0 Å². The normalized spacial score (nSPS) is 13.1. The number of carboxylic acids is 1. The Morgan fingerprint density at radius 2 is 1.82 bits per heavy atom. The topological polar surface area (TPSA) is 46.5 Å². The van der Waals surface area contributed by atoms with E-state index in [-0.39, 0.29) is 0 Å². The molecular formula is C14H26O3. The molecule has 0 aliphatic heterocycles. The van der Waals surface area contributed by atoms with Crippen LogP contribution in [0.3, 0.4) is 0 Å². The van der Waals surface area contributed by atoms with Crippen LogP contribution in [-0.2, 0) is 9.53 Å². The van der Waals surface area contributed by atoms with Gasteiger partial charge < -0.3 is 9.84 Å². The molecule has 0 aromatic carbocycles. The molecule has 0 rings (SSSR count). The summed E-state index contributed by atoms with van der Waals surface area (Å²) in [4.78, 5) is 10.7. The molecule has 1 unspecified atom stereocenters. The van der Waals surface area contributed by atoms with E-state index in [4.69, 9.17) is 9.84 Å². The Balaban J connectivity index is 3.36. The lowest BCUT2D eigenvalue weighted by Crippen LogP contribution is -2.23. The van der Waals surface area contributed by atoms with E-state index in [1.54, 1.807) is 0 Å². The van der Waals surface area contributed by atoms with Crippen LogP contribution in [0.15, 0.2) is 12.2 Å². The molecule has 0 spiro atoms. The van der Waals surface area contributed by atoms with Gasteiger partial charge in [0, 0.05) is 6.61 Å². The zero-order valence-corrected chi connectivity index (χ0v) is 11.2. The zero-order chi connectivity index (χ0) is 12.9. The third-order valence-electron chi connectivity index (χ3n) is 2.62. The second kappa shape index (κ2) is 11.6. The first kappa shape index (κ1) is 16.2. The van der Waals surface area contributed by atoms with Gasteiger partial charge in [0.15, 0.2) is 6.10 Å². The smallest absolute Gasteiger partial charge is 0.332 e. The average Bonchev–Trinajstić information content (AvgIpc) is 2.31. The molecule has 0 fully saturated rings. The number of hydrogen-bond acceptors (Lipinski definition) is 2. The molecule has 0 saturated heterocycles. The first-order valence-corrected chi connectivity index (χ1v) is 6.71. The molecular weight excluding hydrogens is 216 g/mol. The highest BCUT2D eigenvalue weighted by molar-refractivity contribution is 5.72. The fourth-order valence-electron chi connectivity index (χ4n) is 1.54. The molecule has 3 heteroatoms. The van der Waals surface area contributed by atoms with Crippen molar-refractivity contribution in [2.75, 3.05) is 6.61 Å². The first-order chi connectivity index (χ1) is 8.22. The van der Waals surface area contributed by atoms with E-state index >= 15 is 0 Å². The summed E-state index contributed by atoms with van der Waals surface area (Å²) >= 11 is 0. The van der Waals surface area contributed by atoms with Crippen molar-refractivity contribution in [1.29, 1.82) is 0 Å². The molecule has 0 saturated carbocycles. The van der Waals surface area contributed by atoms with Gasteiger partial charge in [-0.2, -0.15) is 0 Å². The summed E-state index contributed by atoms with van der Waals surface area (Å²) in [7, 11) is 0. The molecule has 0 heterocycles. The fourth-order valence-corrected chi connectivity index (χ4v) is 1.54. The minimum Gasteiger partial charge on any atom is -0.479 e. The molecule has 1 N–H and O–H groups in total. The van der Waals surface area contributed by atoms with Crippen LogP contribution in [0.1, 0.15) is 58.8 Å². The van der Waals surface area contributed by atoms with Crippen LogP contribution in [0, 0.1) is 0 Å². The molecule has 0 radical (unpaired) electrons. The van der Waals surface area contributed by atoms with Crippen molar-refractivity contribution in [3.8, 4) is 0 Å². The van der Waals surface area contributed by atoms with Crippen molar-refractivity contribution >= 4 is 5.97 Å². The van der Waals surface area contributed by atoms with E-state index in [2.05, 4.69) is 19.1 Å². The fraction of sp³-hybridized carbons (Fsp3) is 0.786. The van der Waals surface area contributed by atoms with E-state index in [9.17, 15) is 4.79 Å². The number of ether oxygens (including phenoxy) is 1. The van der Waals surface area contributed by atoms with Crippen LogP contribution < -0.4 is 0 Å². The third kappa shape index (κ3) is 10.1. The number of allylic oxidation sites excluding steroid dienone is 2. The van der Waals surface area contributed by atoms with Gasteiger partial charge in [-0.05, 0) is 32.1 Å². The molecule has 3 nitrogen and oxygen atoms in total. The van der Waals surface area contributed by atoms with Gasteiger partial charge in [-0.3, -0.25) is 0 Å². The van der Waals surface area contributed by atoms with Crippen molar-refractivity contribution in [2.45, 2.75) is 64.9 Å². The minimum absolute atomic E-state index is 0.530. The number of carbonyl (C=O) groups is 1. The van der Waals surface area contributed by atoms with E-state index in [0.717, 1.165) is 19.3 Å². The molecule has 17 heavy (non-hydrogen) atoms. The molecule has 1 atom stereocenters. The highest BCUT2D eigenvalue weighted by atomic mass is 16.5. The van der Waals surface area contributed by atoms with Gasteiger partial charge in [-0.25, -0.2) is 4.79 Å². The van der Waals surface area contributed by atoms with E-state index in [0.29, 0.717) is 13.0 Å². The SMILES string of the molecule is CCCCC/C=C\CCCOC(CC)C(=O)O. The van der Waals surface area contributed by atoms with Crippen LogP contribution in [-0.4, -0.2) is 23.8 Å². The first-order valence-electron chi connectivity index (χ1n) is 6.71. The average molecular weight is 242 g/mol. The van der Waals surface area contributed by atoms with Crippen LogP contribution in [0.25, 0.3) is 0 Å². The largest absolute Gasteiger partial charge is 0.479 e. The molecule has 0 aromatic rings. The predicted molar refractivity (Wildman–Crippen MR) is 70.2 cm³/mol. The Morgan fingerprint density at radius 1 is 1.18 bits per heavy atom. The van der Waals surface area contributed by atoms with Gasteiger partial charge in [0.05, 0.1) is 0 Å². The summed E-state index contributed by atoms with van der Waals surface area (Å²) in [5, 5.41) is 8.76. The van der Waals surface area contributed by atoms with Crippen molar-refractivity contribution < 1.29 is 14.6 Å². The van der Waals surface area contributed by atoms with Gasteiger partial charge >= 0.3 is 5.97 Å². The lowest BCUT2D eigenvalue weighted by atomic mass is 10.2. The maximum Gasteiger partial charge on any atom is 0.332 e. The number of aliphatic carboxylic acids is 1. The molecule has 0 amide bonds. The summed E-state index contributed by atoms with van der Waals surface area (Å²) < 4.78 is 5.26. The Bertz CT molecular complexity index is 212. The highest BCUT2D eigenvalue weighted by Crippen LogP contribution is 2.03. The van der Waals surface area contributed by atoms with Crippen LogP contribution in [0.5, 0.6) is 0 Å². The van der Waals surface area contributed by atoms with E-state index in [1.165, 1.54) is 19.3 Å². The monoisotopic (exact) mass is 242 g/mol. The number of rotatable bonds is 11. The number of unbranched alkanes of at least 4 members (excludes halogenated alkanes) is 4. The third-order valence-corrected chi connectivity index (χ3v) is 2.62. The molecule has 100 valence electrons. The Hall–Kier alpha value is -0.830. The van der Waals surface area contributed by atoms with Crippen molar-refractivity contribution in [2.24, 2.45) is 0 Å². The Morgan fingerprint density at radius 3 is 2.35 bits per heavy atom. The van der Waals surface area contributed by atoms with E-state index < -0.39 is 12.1 Å². The number of hydrogen-bond donors (Lipinski definition) is 1. The molecule has 0 aromatic heterocycles. The van der Waals surface area contributed by atoms with Gasteiger partial charge in [0.1, 0.15) is 0 Å². The summed E-state index contributed by atoms with van der Waals surface area (Å²) in [6.45, 7) is 4.56. The minimum atomic E-state index is -0.859. The van der Waals surface area contributed by atoms with Crippen LogP contribution in [0.4, 0.5) is 0 Å². The van der Waals surface area contributed by atoms with Crippen molar-refractivity contribution in [3.63, 3.8) is 0 Å². The summed E-state index contributed by atoms with van der Waals surface area (Å²) in [6, 6.07) is 0. The summed E-state index contributed by atoms with van der Waals surface area (Å²) in [6.07, 6.45) is 11.1. The van der Waals surface area contributed by atoms with Gasteiger partial charge in [0.25, 0.3) is 0 Å². The summed E-state index contributed by atoms with van der Waals surface area (Å²) in [5.74, 6) is -0.859. The maximum absolute atomic E-state index is 10.7. The van der Waals surface area contributed by atoms with Crippen LogP contribution >= 0.6 is 0 Å². The molecule has 0 aliphatic rings. The predicted octanol–water partition coefficient (Wildman–Crippen LogP) is 3.78. The molecule has 0 bridgehead atoms. The Labute approximate surface area is 105 Å². The Kier molecular flexibility index (Phi) is 11.1. The van der Waals surface area contributed by atoms with Crippen LogP contribution in [0.2, 0.25) is 0 Å². The van der Waals surface area contributed by atoms with Gasteiger partial charge in [0.2, 0.25) is 0 Å². The number of carboxylic acid groups (broad SMARTS) is 1. The maximum atomic E-state index is 10.7. The zero-order valence-electron chi connectivity index (χ0n) is 11.2. The second-order valence-electron chi connectivity index (χ2n) is 4.22. The van der Waals surface area contributed by atoms with E-state index in [1.807, 2.05) is 6.92 Å². The van der Waals surface area contributed by atoms with Crippen molar-refractivity contribution in [3.05, 3.63) is 12.2 Å². The molecule has 0 aliphatic carbocycles. The van der Waals surface area contributed by atoms with Gasteiger partial charge in [-0.15, -0.1) is 0 Å².